The molecular weight excluding hydrogens is 313 g/mol. The third-order valence-electron chi connectivity index (χ3n) is 4.00. The zero-order valence-corrected chi connectivity index (χ0v) is 13.4. The number of nitrogens with zero attached hydrogens (tertiary/aromatic N) is 3. The van der Waals surface area contributed by atoms with E-state index in [9.17, 15) is 4.39 Å². The zero-order chi connectivity index (χ0) is 16.1. The van der Waals surface area contributed by atoms with Gasteiger partial charge in [-0.15, -0.1) is 11.8 Å². The van der Waals surface area contributed by atoms with Crippen LogP contribution in [0.15, 0.2) is 35.6 Å². The lowest BCUT2D eigenvalue weighted by Gasteiger charge is -2.12. The van der Waals surface area contributed by atoms with E-state index in [0.717, 1.165) is 27.7 Å². The van der Waals surface area contributed by atoms with Crippen molar-refractivity contribution < 1.29 is 4.39 Å². The molecule has 3 aromatic heterocycles. The Morgan fingerprint density at radius 2 is 2.13 bits per heavy atom. The van der Waals surface area contributed by atoms with Gasteiger partial charge in [-0.1, -0.05) is 0 Å². The van der Waals surface area contributed by atoms with Gasteiger partial charge in [-0.2, -0.15) is 5.10 Å². The normalized spacial score (nSPS) is 11.6. The Morgan fingerprint density at radius 1 is 1.30 bits per heavy atom. The van der Waals surface area contributed by atoms with Crippen LogP contribution in [0.2, 0.25) is 0 Å². The highest BCUT2D eigenvalue weighted by molar-refractivity contribution is 7.98. The van der Waals surface area contributed by atoms with Crippen LogP contribution in [0.4, 0.5) is 10.2 Å². The Balaban J connectivity index is 2.07. The molecule has 0 atom stereocenters. The number of halogens is 1. The van der Waals surface area contributed by atoms with Crippen molar-refractivity contribution in [3.8, 4) is 11.1 Å². The van der Waals surface area contributed by atoms with Gasteiger partial charge in [-0.3, -0.25) is 5.10 Å². The molecule has 4 aromatic rings. The molecule has 3 N–H and O–H groups in total. The Bertz CT molecular complexity index is 1050. The molecule has 0 unspecified atom stereocenters. The number of imidazole rings is 1. The number of pyridine rings is 1. The van der Waals surface area contributed by atoms with Crippen LogP contribution in [0.1, 0.15) is 5.56 Å². The van der Waals surface area contributed by atoms with Gasteiger partial charge in [0.05, 0.1) is 22.8 Å². The lowest BCUT2D eigenvalue weighted by atomic mass is 9.97. The Morgan fingerprint density at radius 3 is 2.91 bits per heavy atom. The smallest absolute Gasteiger partial charge is 0.142 e. The van der Waals surface area contributed by atoms with Crippen molar-refractivity contribution in [1.29, 1.82) is 0 Å². The van der Waals surface area contributed by atoms with Gasteiger partial charge in [-0.05, 0) is 36.4 Å². The molecule has 0 spiro atoms. The van der Waals surface area contributed by atoms with Gasteiger partial charge in [0.2, 0.25) is 0 Å². The van der Waals surface area contributed by atoms with E-state index in [1.165, 1.54) is 11.8 Å². The molecule has 23 heavy (non-hydrogen) atoms. The first-order valence-electron chi connectivity index (χ1n) is 7.04. The highest BCUT2D eigenvalue weighted by Crippen LogP contribution is 2.38. The molecule has 0 aliphatic heterocycles. The van der Waals surface area contributed by atoms with Crippen LogP contribution < -0.4 is 5.73 Å². The molecule has 4 rings (SSSR count). The number of thioether (sulfide) groups is 1. The van der Waals surface area contributed by atoms with E-state index in [-0.39, 0.29) is 5.82 Å². The fourth-order valence-electron chi connectivity index (χ4n) is 2.96. The molecule has 116 valence electrons. The molecule has 1 aromatic carbocycles. The highest BCUT2D eigenvalue weighted by Gasteiger charge is 2.19. The molecule has 0 fully saturated rings. The van der Waals surface area contributed by atoms with E-state index >= 15 is 0 Å². The lowest BCUT2D eigenvalue weighted by Crippen LogP contribution is -1.95. The van der Waals surface area contributed by atoms with Crippen LogP contribution in [-0.2, 0) is 0 Å². The minimum Gasteiger partial charge on any atom is -0.382 e. The van der Waals surface area contributed by atoms with Crippen molar-refractivity contribution in [3.63, 3.8) is 0 Å². The van der Waals surface area contributed by atoms with Crippen LogP contribution in [0.5, 0.6) is 0 Å². The summed E-state index contributed by atoms with van der Waals surface area (Å²) in [6.45, 7) is 1.79. The van der Waals surface area contributed by atoms with Crippen molar-refractivity contribution in [1.82, 2.24) is 19.6 Å². The average molecular weight is 327 g/mol. The van der Waals surface area contributed by atoms with Crippen LogP contribution in [0, 0.1) is 12.7 Å². The number of benzene rings is 1. The minimum atomic E-state index is -0.213. The standard InChI is InChI=1S/C16H14FN5S/c1-8-13(9-3-4-12-20-11(18)7-22(12)6-9)10-5-19-21-15(10)16(23-2)14(8)17/h3-7H,18H2,1-2H3,(H,19,21). The zero-order valence-electron chi connectivity index (χ0n) is 12.6. The van der Waals surface area contributed by atoms with E-state index in [4.69, 9.17) is 5.73 Å². The van der Waals surface area contributed by atoms with Gasteiger partial charge in [0.15, 0.2) is 0 Å². The van der Waals surface area contributed by atoms with Gasteiger partial charge in [0.25, 0.3) is 0 Å². The summed E-state index contributed by atoms with van der Waals surface area (Å²) in [7, 11) is 0. The summed E-state index contributed by atoms with van der Waals surface area (Å²) >= 11 is 1.38. The summed E-state index contributed by atoms with van der Waals surface area (Å²) in [6, 6.07) is 3.80. The number of nitrogens with two attached hydrogens (primary N) is 1. The number of nitrogen functional groups attached to an aromatic ring is 1. The first-order chi connectivity index (χ1) is 11.1. The number of hydrogen-bond donors (Lipinski definition) is 2. The predicted octanol–water partition coefficient (Wildman–Crippen LogP) is 3.63. The molecule has 0 amide bonds. The fourth-order valence-corrected chi connectivity index (χ4v) is 3.66. The minimum absolute atomic E-state index is 0.213. The van der Waals surface area contributed by atoms with Crippen LogP contribution in [0.25, 0.3) is 27.7 Å². The number of hydrogen-bond acceptors (Lipinski definition) is 4. The van der Waals surface area contributed by atoms with Gasteiger partial charge in [0.1, 0.15) is 17.3 Å². The molecule has 3 heterocycles. The lowest BCUT2D eigenvalue weighted by molar-refractivity contribution is 0.596. The quantitative estimate of drug-likeness (QED) is 0.552. The molecule has 0 aliphatic rings. The van der Waals surface area contributed by atoms with Crippen LogP contribution in [-0.4, -0.2) is 25.8 Å². The van der Waals surface area contributed by atoms with Crippen molar-refractivity contribution in [2.24, 2.45) is 0 Å². The van der Waals surface area contributed by atoms with Crippen molar-refractivity contribution in [2.75, 3.05) is 12.0 Å². The van der Waals surface area contributed by atoms with Gasteiger partial charge < -0.3 is 10.1 Å². The van der Waals surface area contributed by atoms with E-state index in [0.29, 0.717) is 16.3 Å². The SMILES string of the molecule is CSc1c(F)c(C)c(-c2ccc3nc(N)cn3c2)c2cn[nH]c12. The number of rotatable bonds is 2. The summed E-state index contributed by atoms with van der Waals surface area (Å²) in [4.78, 5) is 4.80. The van der Waals surface area contributed by atoms with E-state index in [1.807, 2.05) is 29.0 Å². The largest absolute Gasteiger partial charge is 0.382 e. The first-order valence-corrected chi connectivity index (χ1v) is 8.26. The third kappa shape index (κ3) is 2.00. The second kappa shape index (κ2) is 4.99. The van der Waals surface area contributed by atoms with Crippen LogP contribution >= 0.6 is 11.8 Å². The highest BCUT2D eigenvalue weighted by atomic mass is 32.2. The molecule has 0 saturated heterocycles. The number of aromatic amines is 1. The molecule has 0 bridgehead atoms. The number of fused-ring (bicyclic) bond motifs is 2. The Kier molecular flexibility index (Phi) is 3.05. The van der Waals surface area contributed by atoms with Crippen molar-refractivity contribution in [2.45, 2.75) is 11.8 Å². The monoisotopic (exact) mass is 327 g/mol. The molecule has 5 nitrogen and oxygen atoms in total. The first kappa shape index (κ1) is 14.1. The maximum absolute atomic E-state index is 14.8. The Hall–Kier alpha value is -2.54. The van der Waals surface area contributed by atoms with Crippen molar-refractivity contribution in [3.05, 3.63) is 42.1 Å². The molecule has 0 aliphatic carbocycles. The van der Waals surface area contributed by atoms with Gasteiger partial charge >= 0.3 is 0 Å². The predicted molar refractivity (Wildman–Crippen MR) is 91.2 cm³/mol. The maximum atomic E-state index is 14.8. The summed E-state index contributed by atoms with van der Waals surface area (Å²) in [5.74, 6) is 0.241. The molecule has 0 radical (unpaired) electrons. The van der Waals surface area contributed by atoms with Crippen LogP contribution in [0.3, 0.4) is 0 Å². The fraction of sp³-hybridized carbons (Fsp3) is 0.125. The summed E-state index contributed by atoms with van der Waals surface area (Å²) in [5.41, 5.74) is 9.55. The summed E-state index contributed by atoms with van der Waals surface area (Å²) < 4.78 is 16.6. The number of anilines is 1. The summed E-state index contributed by atoms with van der Waals surface area (Å²) in [5, 5.41) is 7.91. The van der Waals surface area contributed by atoms with Crippen molar-refractivity contribution >= 4 is 34.1 Å². The average Bonchev–Trinajstić information content (AvgIpc) is 3.13. The number of aromatic nitrogens is 4. The van der Waals surface area contributed by atoms with E-state index < -0.39 is 0 Å². The van der Waals surface area contributed by atoms with Gasteiger partial charge in [-0.25, -0.2) is 9.37 Å². The third-order valence-corrected chi connectivity index (χ3v) is 4.79. The topological polar surface area (TPSA) is 72.0 Å². The summed E-state index contributed by atoms with van der Waals surface area (Å²) in [6.07, 6.45) is 7.25. The maximum Gasteiger partial charge on any atom is 0.142 e. The van der Waals surface area contributed by atoms with E-state index in [1.54, 1.807) is 19.3 Å². The molecule has 7 heteroatoms. The van der Waals surface area contributed by atoms with E-state index in [2.05, 4.69) is 15.2 Å². The molecular formula is C16H14FN5S. The second-order valence-electron chi connectivity index (χ2n) is 5.35. The molecule has 0 saturated carbocycles. The second-order valence-corrected chi connectivity index (χ2v) is 6.17. The number of H-pyrrole nitrogens is 1. The Labute approximate surface area is 135 Å². The number of nitrogens with one attached hydrogen (secondary N) is 1. The van der Waals surface area contributed by atoms with Gasteiger partial charge in [0, 0.05) is 17.1 Å².